The maximum absolute atomic E-state index is 12.7. The minimum absolute atomic E-state index is 0.0729. The summed E-state index contributed by atoms with van der Waals surface area (Å²) in [6.45, 7) is 0.638. The number of furan rings is 1. The van der Waals surface area contributed by atoms with Crippen molar-refractivity contribution < 1.29 is 14.0 Å². The van der Waals surface area contributed by atoms with Crippen LogP contribution in [0.25, 0.3) is 16.9 Å². The van der Waals surface area contributed by atoms with Crippen molar-refractivity contribution in [2.24, 2.45) is 0 Å². The lowest BCUT2D eigenvalue weighted by molar-refractivity contribution is -0.130. The van der Waals surface area contributed by atoms with Crippen molar-refractivity contribution in [2.45, 2.75) is 13.0 Å². The van der Waals surface area contributed by atoms with Crippen LogP contribution in [0.1, 0.15) is 22.5 Å². The Hall–Kier alpha value is -4.13. The first-order chi connectivity index (χ1) is 15.6. The highest BCUT2D eigenvalue weighted by molar-refractivity contribution is 5.91. The lowest BCUT2D eigenvalue weighted by Crippen LogP contribution is -2.31. The quantitative estimate of drug-likeness (QED) is 0.461. The summed E-state index contributed by atoms with van der Waals surface area (Å²) in [5, 5.41) is 7.49. The zero-order valence-electron chi connectivity index (χ0n) is 17.8. The fourth-order valence-electron chi connectivity index (χ4n) is 3.39. The number of hydrogen-bond acceptors (Lipinski definition) is 4. The molecule has 0 atom stereocenters. The molecular weight excluding hydrogens is 404 g/mol. The average Bonchev–Trinajstić information content (AvgIpc) is 3.51. The van der Waals surface area contributed by atoms with E-state index in [1.54, 1.807) is 24.1 Å². The number of rotatable bonds is 8. The first-order valence-electron chi connectivity index (χ1n) is 10.4. The Balaban J connectivity index is 1.45. The molecule has 0 aliphatic heterocycles. The molecule has 4 aromatic rings. The van der Waals surface area contributed by atoms with E-state index in [4.69, 9.17) is 9.52 Å². The lowest BCUT2D eigenvalue weighted by atomic mass is 10.1. The molecule has 4 rings (SSSR count). The number of amides is 2. The highest BCUT2D eigenvalue weighted by atomic mass is 16.3. The van der Waals surface area contributed by atoms with E-state index in [1.165, 1.54) is 6.26 Å². The number of benzene rings is 2. The zero-order chi connectivity index (χ0) is 22.3. The van der Waals surface area contributed by atoms with Crippen LogP contribution in [0.5, 0.6) is 0 Å². The smallest absolute Gasteiger partial charge is 0.286 e. The normalized spacial score (nSPS) is 10.7. The van der Waals surface area contributed by atoms with Crippen LogP contribution in [0.2, 0.25) is 0 Å². The molecule has 0 saturated heterocycles. The molecule has 0 radical (unpaired) electrons. The molecule has 0 saturated carbocycles. The predicted octanol–water partition coefficient (Wildman–Crippen LogP) is 3.91. The number of carbonyl (C=O) groups is 2. The maximum atomic E-state index is 12.7. The Kier molecular flexibility index (Phi) is 6.46. The predicted molar refractivity (Wildman–Crippen MR) is 121 cm³/mol. The zero-order valence-corrected chi connectivity index (χ0v) is 17.8. The summed E-state index contributed by atoms with van der Waals surface area (Å²) in [5.74, 6) is -0.177. The van der Waals surface area contributed by atoms with Gasteiger partial charge in [-0.05, 0) is 24.3 Å². The average molecular weight is 428 g/mol. The summed E-state index contributed by atoms with van der Waals surface area (Å²) >= 11 is 0. The summed E-state index contributed by atoms with van der Waals surface area (Å²) in [5.41, 5.74) is 3.71. The standard InChI is InChI=1S/C25H24N4O3/c1-28(23(30)14-15-26-25(31)22-13-8-16-32-22)17-20-18-29(21-11-6-3-7-12-21)27-24(20)19-9-4-2-5-10-19/h2-13,16,18H,14-15,17H2,1H3,(H,26,31). The third-order valence-corrected chi connectivity index (χ3v) is 5.06. The summed E-state index contributed by atoms with van der Waals surface area (Å²) in [7, 11) is 1.76. The van der Waals surface area contributed by atoms with Crippen LogP contribution in [0.4, 0.5) is 0 Å². The second kappa shape index (κ2) is 9.78. The number of nitrogens with zero attached hydrogens (tertiary/aromatic N) is 3. The van der Waals surface area contributed by atoms with Gasteiger partial charge in [0.25, 0.3) is 5.91 Å². The Morgan fingerprint density at radius 1 is 1.00 bits per heavy atom. The van der Waals surface area contributed by atoms with Crippen molar-refractivity contribution in [2.75, 3.05) is 13.6 Å². The van der Waals surface area contributed by atoms with E-state index in [2.05, 4.69) is 5.32 Å². The van der Waals surface area contributed by atoms with Crippen molar-refractivity contribution in [1.29, 1.82) is 0 Å². The van der Waals surface area contributed by atoms with Crippen LogP contribution in [-0.2, 0) is 11.3 Å². The van der Waals surface area contributed by atoms with Crippen molar-refractivity contribution in [3.63, 3.8) is 0 Å². The van der Waals surface area contributed by atoms with Gasteiger partial charge in [0, 0.05) is 43.9 Å². The van der Waals surface area contributed by atoms with E-state index in [9.17, 15) is 9.59 Å². The van der Waals surface area contributed by atoms with E-state index in [0.29, 0.717) is 6.54 Å². The molecule has 0 unspecified atom stereocenters. The molecule has 0 spiro atoms. The van der Waals surface area contributed by atoms with Gasteiger partial charge >= 0.3 is 0 Å². The summed E-state index contributed by atoms with van der Waals surface area (Å²) in [6.07, 6.45) is 3.59. The molecule has 2 aromatic carbocycles. The minimum Gasteiger partial charge on any atom is -0.459 e. The van der Waals surface area contributed by atoms with Gasteiger partial charge in [-0.1, -0.05) is 48.5 Å². The second-order valence-electron chi connectivity index (χ2n) is 7.38. The van der Waals surface area contributed by atoms with Crippen LogP contribution < -0.4 is 5.32 Å². The van der Waals surface area contributed by atoms with Crippen LogP contribution in [0, 0.1) is 0 Å². The molecule has 162 valence electrons. The van der Waals surface area contributed by atoms with Crippen LogP contribution in [-0.4, -0.2) is 40.1 Å². The third kappa shape index (κ3) is 4.95. The number of aromatic nitrogens is 2. The largest absolute Gasteiger partial charge is 0.459 e. The third-order valence-electron chi connectivity index (χ3n) is 5.06. The lowest BCUT2D eigenvalue weighted by Gasteiger charge is -2.17. The molecular formula is C25H24N4O3. The van der Waals surface area contributed by atoms with E-state index >= 15 is 0 Å². The number of para-hydroxylation sites is 1. The van der Waals surface area contributed by atoms with Crippen molar-refractivity contribution in [1.82, 2.24) is 20.0 Å². The minimum atomic E-state index is -0.332. The van der Waals surface area contributed by atoms with Gasteiger partial charge in [-0.15, -0.1) is 0 Å². The molecule has 1 N–H and O–H groups in total. The van der Waals surface area contributed by atoms with E-state index in [0.717, 1.165) is 22.5 Å². The Morgan fingerprint density at radius 3 is 2.41 bits per heavy atom. The fraction of sp³-hybridized carbons (Fsp3) is 0.160. The number of nitrogens with one attached hydrogen (secondary N) is 1. The Labute approximate surface area is 186 Å². The molecule has 0 fully saturated rings. The molecule has 2 amide bonds. The van der Waals surface area contributed by atoms with Crippen LogP contribution >= 0.6 is 0 Å². The van der Waals surface area contributed by atoms with Gasteiger partial charge in [-0.2, -0.15) is 5.10 Å². The molecule has 7 heteroatoms. The first kappa shape index (κ1) is 21.1. The Morgan fingerprint density at radius 2 is 1.72 bits per heavy atom. The SMILES string of the molecule is CN(Cc1cn(-c2ccccc2)nc1-c1ccccc1)C(=O)CCNC(=O)c1ccco1. The fourth-order valence-corrected chi connectivity index (χ4v) is 3.39. The molecule has 0 aliphatic rings. The summed E-state index contributed by atoms with van der Waals surface area (Å²) in [6, 6.07) is 23.0. The van der Waals surface area contributed by atoms with E-state index in [-0.39, 0.29) is 30.5 Å². The first-order valence-corrected chi connectivity index (χ1v) is 10.4. The second-order valence-corrected chi connectivity index (χ2v) is 7.38. The van der Waals surface area contributed by atoms with Crippen LogP contribution in [0.3, 0.4) is 0 Å². The van der Waals surface area contributed by atoms with E-state index in [1.807, 2.05) is 71.5 Å². The number of hydrogen-bond donors (Lipinski definition) is 1. The molecule has 2 heterocycles. The van der Waals surface area contributed by atoms with Crippen molar-refractivity contribution in [3.8, 4) is 16.9 Å². The molecule has 7 nitrogen and oxygen atoms in total. The highest BCUT2D eigenvalue weighted by Gasteiger charge is 2.17. The topological polar surface area (TPSA) is 80.4 Å². The van der Waals surface area contributed by atoms with Gasteiger partial charge in [0.1, 0.15) is 0 Å². The van der Waals surface area contributed by atoms with Gasteiger partial charge in [-0.25, -0.2) is 4.68 Å². The van der Waals surface area contributed by atoms with Gasteiger partial charge in [0.05, 0.1) is 17.6 Å². The van der Waals surface area contributed by atoms with Crippen LogP contribution in [0.15, 0.2) is 89.7 Å². The van der Waals surface area contributed by atoms with Gasteiger partial charge in [-0.3, -0.25) is 9.59 Å². The summed E-state index contributed by atoms with van der Waals surface area (Å²) < 4.78 is 6.89. The van der Waals surface area contributed by atoms with E-state index < -0.39 is 0 Å². The van der Waals surface area contributed by atoms with Gasteiger partial charge in [0.2, 0.25) is 5.91 Å². The molecule has 0 bridgehead atoms. The molecule has 2 aromatic heterocycles. The maximum Gasteiger partial charge on any atom is 0.286 e. The van der Waals surface area contributed by atoms with Gasteiger partial charge in [0.15, 0.2) is 5.76 Å². The van der Waals surface area contributed by atoms with Gasteiger partial charge < -0.3 is 14.6 Å². The number of carbonyl (C=O) groups excluding carboxylic acids is 2. The highest BCUT2D eigenvalue weighted by Crippen LogP contribution is 2.24. The summed E-state index contributed by atoms with van der Waals surface area (Å²) in [4.78, 5) is 26.3. The van der Waals surface area contributed by atoms with Crippen molar-refractivity contribution >= 4 is 11.8 Å². The van der Waals surface area contributed by atoms with Crippen molar-refractivity contribution in [3.05, 3.63) is 96.6 Å². The Bertz CT molecular complexity index is 1170. The monoisotopic (exact) mass is 428 g/mol. The molecule has 0 aliphatic carbocycles. The molecule has 32 heavy (non-hydrogen) atoms.